The maximum absolute atomic E-state index is 13.0. The Morgan fingerprint density at radius 3 is 2.58 bits per heavy atom. The van der Waals surface area contributed by atoms with Gasteiger partial charge in [-0.25, -0.2) is 4.39 Å². The van der Waals surface area contributed by atoms with E-state index in [1.165, 1.54) is 36.8 Å². The van der Waals surface area contributed by atoms with Gasteiger partial charge in [-0.05, 0) is 60.9 Å². The Morgan fingerprint density at radius 1 is 1.15 bits per heavy atom. The van der Waals surface area contributed by atoms with Gasteiger partial charge in [0.2, 0.25) is 5.91 Å². The lowest BCUT2D eigenvalue weighted by Gasteiger charge is -2.31. The molecule has 26 heavy (non-hydrogen) atoms. The number of anilines is 1. The van der Waals surface area contributed by atoms with Gasteiger partial charge in [0.15, 0.2) is 6.10 Å². The minimum atomic E-state index is -0.666. The van der Waals surface area contributed by atoms with E-state index in [0.29, 0.717) is 18.8 Å². The molecular weight excluding hydrogens is 335 g/mol. The summed E-state index contributed by atoms with van der Waals surface area (Å²) < 4.78 is 18.6. The first kappa shape index (κ1) is 17.9. The molecule has 0 saturated carbocycles. The highest BCUT2D eigenvalue weighted by Gasteiger charge is 2.26. The maximum atomic E-state index is 13.0. The van der Waals surface area contributed by atoms with Crippen molar-refractivity contribution < 1.29 is 18.7 Å². The molecular formula is C20H21FN2O3. The number of ether oxygens (including phenoxy) is 1. The van der Waals surface area contributed by atoms with Crippen LogP contribution in [-0.2, 0) is 22.6 Å². The van der Waals surface area contributed by atoms with Crippen LogP contribution < -0.4 is 10.1 Å². The molecule has 5 nitrogen and oxygen atoms in total. The van der Waals surface area contributed by atoms with Crippen molar-refractivity contribution >= 4 is 17.5 Å². The molecule has 0 bridgehead atoms. The zero-order chi connectivity index (χ0) is 18.7. The molecule has 0 saturated heterocycles. The van der Waals surface area contributed by atoms with Gasteiger partial charge in [0.05, 0.1) is 0 Å². The molecule has 1 heterocycles. The molecule has 2 aromatic carbocycles. The van der Waals surface area contributed by atoms with Crippen LogP contribution in [0.5, 0.6) is 5.75 Å². The smallest absolute Gasteiger partial charge is 0.263 e. The van der Waals surface area contributed by atoms with Gasteiger partial charge in [-0.2, -0.15) is 0 Å². The lowest BCUT2D eigenvalue weighted by Crippen LogP contribution is -2.43. The second kappa shape index (κ2) is 7.56. The molecule has 1 aliphatic rings. The number of nitrogens with zero attached hydrogens (tertiary/aromatic N) is 1. The van der Waals surface area contributed by atoms with Crippen LogP contribution in [0.15, 0.2) is 42.5 Å². The first-order chi connectivity index (χ1) is 12.4. The van der Waals surface area contributed by atoms with E-state index in [2.05, 4.69) is 5.32 Å². The Kier molecular flexibility index (Phi) is 5.21. The van der Waals surface area contributed by atoms with Crippen molar-refractivity contribution in [1.82, 2.24) is 4.90 Å². The largest absolute Gasteiger partial charge is 0.481 e. The molecule has 0 fully saturated rings. The highest BCUT2D eigenvalue weighted by atomic mass is 19.1. The molecule has 1 atom stereocenters. The zero-order valence-corrected chi connectivity index (χ0v) is 14.8. The first-order valence-corrected chi connectivity index (χ1v) is 8.53. The monoisotopic (exact) mass is 356 g/mol. The van der Waals surface area contributed by atoms with Gasteiger partial charge in [-0.15, -0.1) is 0 Å². The summed E-state index contributed by atoms with van der Waals surface area (Å²) in [4.78, 5) is 25.7. The number of halogens is 1. The van der Waals surface area contributed by atoms with E-state index >= 15 is 0 Å². The van der Waals surface area contributed by atoms with E-state index in [9.17, 15) is 14.0 Å². The molecule has 2 aromatic rings. The van der Waals surface area contributed by atoms with Crippen LogP contribution in [0.25, 0.3) is 0 Å². The summed E-state index contributed by atoms with van der Waals surface area (Å²) in [6, 6.07) is 11.4. The highest BCUT2D eigenvalue weighted by molar-refractivity contribution is 5.88. The second-order valence-electron chi connectivity index (χ2n) is 6.39. The molecule has 0 aromatic heterocycles. The molecule has 6 heteroatoms. The van der Waals surface area contributed by atoms with E-state index in [4.69, 9.17) is 4.74 Å². The topological polar surface area (TPSA) is 58.6 Å². The van der Waals surface area contributed by atoms with Crippen LogP contribution in [0.3, 0.4) is 0 Å². The Morgan fingerprint density at radius 2 is 1.88 bits per heavy atom. The van der Waals surface area contributed by atoms with Crippen molar-refractivity contribution in [3.05, 3.63) is 59.4 Å². The van der Waals surface area contributed by atoms with Gasteiger partial charge in [-0.1, -0.05) is 6.07 Å². The van der Waals surface area contributed by atoms with Crippen LogP contribution >= 0.6 is 0 Å². The maximum Gasteiger partial charge on any atom is 0.263 e. The number of hydrogen-bond donors (Lipinski definition) is 1. The third-order valence-electron chi connectivity index (χ3n) is 4.32. The van der Waals surface area contributed by atoms with Crippen molar-refractivity contribution in [1.29, 1.82) is 0 Å². The SMILES string of the molecule is CC(=O)Nc1ccc2c(c1)CN(C(=O)C(C)Oc1ccc(F)cc1)CC2. The van der Waals surface area contributed by atoms with E-state index in [0.717, 1.165) is 17.7 Å². The number of rotatable bonds is 4. The van der Waals surface area contributed by atoms with Crippen molar-refractivity contribution in [2.45, 2.75) is 32.9 Å². The predicted octanol–water partition coefficient (Wildman–Crippen LogP) is 3.14. The van der Waals surface area contributed by atoms with E-state index in [1.54, 1.807) is 11.8 Å². The number of nitrogens with one attached hydrogen (secondary N) is 1. The Labute approximate surface area is 151 Å². The standard InChI is InChI=1S/C20H21FN2O3/c1-13(26-19-7-4-17(21)5-8-19)20(25)23-10-9-15-3-6-18(22-14(2)24)11-16(15)12-23/h3-8,11,13H,9-10,12H2,1-2H3,(H,22,24). The fourth-order valence-corrected chi connectivity index (χ4v) is 3.05. The Hall–Kier alpha value is -2.89. The Bertz CT molecular complexity index is 820. The lowest BCUT2D eigenvalue weighted by atomic mass is 9.98. The van der Waals surface area contributed by atoms with Crippen LogP contribution in [0.1, 0.15) is 25.0 Å². The third kappa shape index (κ3) is 4.20. The number of hydrogen-bond acceptors (Lipinski definition) is 3. The minimum absolute atomic E-state index is 0.120. The highest BCUT2D eigenvalue weighted by Crippen LogP contribution is 2.24. The fourth-order valence-electron chi connectivity index (χ4n) is 3.05. The summed E-state index contributed by atoms with van der Waals surface area (Å²) in [5.74, 6) is -0.142. The van der Waals surface area contributed by atoms with E-state index < -0.39 is 6.10 Å². The molecule has 136 valence electrons. The lowest BCUT2D eigenvalue weighted by molar-refractivity contribution is -0.138. The average Bonchev–Trinajstić information content (AvgIpc) is 2.62. The van der Waals surface area contributed by atoms with Crippen molar-refractivity contribution in [3.63, 3.8) is 0 Å². The van der Waals surface area contributed by atoms with Crippen LogP contribution in [-0.4, -0.2) is 29.4 Å². The number of amides is 2. The molecule has 1 N–H and O–H groups in total. The molecule has 3 rings (SSSR count). The second-order valence-corrected chi connectivity index (χ2v) is 6.39. The quantitative estimate of drug-likeness (QED) is 0.916. The zero-order valence-electron chi connectivity index (χ0n) is 14.8. The van der Waals surface area contributed by atoms with Crippen molar-refractivity contribution in [2.75, 3.05) is 11.9 Å². The summed E-state index contributed by atoms with van der Waals surface area (Å²) in [6.45, 7) is 4.24. The summed E-state index contributed by atoms with van der Waals surface area (Å²) in [5.41, 5.74) is 2.92. The molecule has 2 amide bonds. The number of carbonyl (C=O) groups excluding carboxylic acids is 2. The van der Waals surface area contributed by atoms with Crippen LogP contribution in [0.4, 0.5) is 10.1 Å². The van der Waals surface area contributed by atoms with Gasteiger partial charge in [0.1, 0.15) is 11.6 Å². The summed E-state index contributed by atoms with van der Waals surface area (Å²) in [7, 11) is 0. The number of fused-ring (bicyclic) bond motifs is 1. The van der Waals surface area contributed by atoms with Gasteiger partial charge in [0, 0.05) is 25.7 Å². The van der Waals surface area contributed by atoms with Crippen LogP contribution in [0.2, 0.25) is 0 Å². The molecule has 1 unspecified atom stereocenters. The van der Waals surface area contributed by atoms with Crippen molar-refractivity contribution in [2.24, 2.45) is 0 Å². The van der Waals surface area contributed by atoms with E-state index in [1.807, 2.05) is 18.2 Å². The van der Waals surface area contributed by atoms with Gasteiger partial charge < -0.3 is 15.0 Å². The molecule has 0 spiro atoms. The van der Waals surface area contributed by atoms with Crippen molar-refractivity contribution in [3.8, 4) is 5.75 Å². The minimum Gasteiger partial charge on any atom is -0.481 e. The van der Waals surface area contributed by atoms with Gasteiger partial charge in [-0.3, -0.25) is 9.59 Å². The Balaban J connectivity index is 1.67. The van der Waals surface area contributed by atoms with E-state index in [-0.39, 0.29) is 17.6 Å². The van der Waals surface area contributed by atoms with Crippen LogP contribution in [0, 0.1) is 5.82 Å². The first-order valence-electron chi connectivity index (χ1n) is 8.53. The fraction of sp³-hybridized carbons (Fsp3) is 0.300. The predicted molar refractivity (Wildman–Crippen MR) is 96.4 cm³/mol. The molecule has 0 aliphatic carbocycles. The average molecular weight is 356 g/mol. The summed E-state index contributed by atoms with van der Waals surface area (Å²) in [5, 5.41) is 2.76. The van der Waals surface area contributed by atoms with Gasteiger partial charge >= 0.3 is 0 Å². The molecule has 1 aliphatic heterocycles. The van der Waals surface area contributed by atoms with Gasteiger partial charge in [0.25, 0.3) is 5.91 Å². The third-order valence-corrected chi connectivity index (χ3v) is 4.32. The summed E-state index contributed by atoms with van der Waals surface area (Å²) >= 11 is 0. The summed E-state index contributed by atoms with van der Waals surface area (Å²) in [6.07, 6.45) is 0.0885. The number of benzene rings is 2. The molecule has 0 radical (unpaired) electrons. The number of carbonyl (C=O) groups is 2. The normalized spacial score (nSPS) is 14.3.